The molecule has 0 fully saturated rings. The molecule has 1 heterocycles. The molecule has 0 amide bonds. The standard InChI is InChI=1S/C23H17ClFNO3S/c1-29-17-7-3-8-18(12-11-17)30(27,28)21-14-26-23-19(9-4-10-20(23)25)22(21)15-5-2-6-16(24)13-15/h2-6,8-14H,7H2,1H3. The number of sulfone groups is 1. The van der Waals surface area contributed by atoms with Crippen LogP contribution < -0.4 is 0 Å². The van der Waals surface area contributed by atoms with E-state index in [0.717, 1.165) is 0 Å². The van der Waals surface area contributed by atoms with Crippen LogP contribution in [0.1, 0.15) is 6.42 Å². The molecule has 0 aliphatic heterocycles. The van der Waals surface area contributed by atoms with E-state index in [4.69, 9.17) is 16.3 Å². The molecule has 0 N–H and O–H groups in total. The highest BCUT2D eigenvalue weighted by Gasteiger charge is 2.26. The molecule has 7 heteroatoms. The van der Waals surface area contributed by atoms with Crippen molar-refractivity contribution in [2.75, 3.05) is 7.11 Å². The number of fused-ring (bicyclic) bond motifs is 1. The summed E-state index contributed by atoms with van der Waals surface area (Å²) in [6, 6.07) is 11.3. The Labute approximate surface area is 178 Å². The fourth-order valence-corrected chi connectivity index (χ4v) is 5.02. The van der Waals surface area contributed by atoms with Crippen LogP contribution in [0, 0.1) is 5.82 Å². The van der Waals surface area contributed by atoms with Crippen LogP contribution in [0.5, 0.6) is 0 Å². The van der Waals surface area contributed by atoms with Crippen LogP contribution in [0.3, 0.4) is 0 Å². The maximum atomic E-state index is 14.4. The minimum Gasteiger partial charge on any atom is -0.501 e. The Morgan fingerprint density at radius 2 is 1.93 bits per heavy atom. The number of rotatable bonds is 4. The number of nitrogens with zero attached hydrogens (tertiary/aromatic N) is 1. The highest BCUT2D eigenvalue weighted by molar-refractivity contribution is 7.95. The largest absolute Gasteiger partial charge is 0.501 e. The number of halogens is 2. The number of benzene rings is 2. The molecule has 1 aromatic heterocycles. The lowest BCUT2D eigenvalue weighted by Gasteiger charge is -2.14. The van der Waals surface area contributed by atoms with Crippen molar-refractivity contribution in [2.45, 2.75) is 11.3 Å². The van der Waals surface area contributed by atoms with Gasteiger partial charge in [-0.2, -0.15) is 0 Å². The summed E-state index contributed by atoms with van der Waals surface area (Å²) in [5, 5.41) is 0.836. The van der Waals surface area contributed by atoms with E-state index < -0.39 is 15.7 Å². The van der Waals surface area contributed by atoms with E-state index in [1.807, 2.05) is 0 Å². The number of methoxy groups -OCH3 is 1. The molecule has 0 unspecified atom stereocenters. The fourth-order valence-electron chi connectivity index (χ4n) is 3.36. The van der Waals surface area contributed by atoms with Crippen molar-refractivity contribution in [3.05, 3.63) is 94.5 Å². The molecule has 0 radical (unpaired) electrons. The third kappa shape index (κ3) is 3.64. The van der Waals surface area contributed by atoms with Crippen molar-refractivity contribution in [1.82, 2.24) is 4.98 Å². The first-order valence-corrected chi connectivity index (χ1v) is 11.0. The van der Waals surface area contributed by atoms with E-state index >= 15 is 0 Å². The van der Waals surface area contributed by atoms with Crippen LogP contribution in [0.15, 0.2) is 88.5 Å². The Kier molecular flexibility index (Phi) is 5.45. The number of hydrogen-bond donors (Lipinski definition) is 0. The third-order valence-corrected chi connectivity index (χ3v) is 6.84. The van der Waals surface area contributed by atoms with E-state index in [1.54, 1.807) is 42.5 Å². The summed E-state index contributed by atoms with van der Waals surface area (Å²) in [4.78, 5) is 4.20. The van der Waals surface area contributed by atoms with E-state index in [0.29, 0.717) is 33.7 Å². The van der Waals surface area contributed by atoms with Gasteiger partial charge in [-0.25, -0.2) is 12.8 Å². The summed E-state index contributed by atoms with van der Waals surface area (Å²) >= 11 is 6.16. The Hall–Kier alpha value is -2.96. The monoisotopic (exact) mass is 441 g/mol. The van der Waals surface area contributed by atoms with E-state index in [9.17, 15) is 12.8 Å². The first-order valence-electron chi connectivity index (χ1n) is 9.11. The molecule has 0 saturated heterocycles. The molecule has 1 aliphatic carbocycles. The lowest BCUT2D eigenvalue weighted by molar-refractivity contribution is 0.285. The van der Waals surface area contributed by atoms with Crippen molar-refractivity contribution in [3.63, 3.8) is 0 Å². The van der Waals surface area contributed by atoms with E-state index in [2.05, 4.69) is 4.98 Å². The molecular formula is C23H17ClFNO3S. The van der Waals surface area contributed by atoms with Gasteiger partial charge in [0, 0.05) is 28.6 Å². The predicted octanol–water partition coefficient (Wildman–Crippen LogP) is 5.84. The molecule has 1 aliphatic rings. The number of para-hydroxylation sites is 1. The van der Waals surface area contributed by atoms with Gasteiger partial charge in [-0.05, 0) is 42.0 Å². The van der Waals surface area contributed by atoms with Gasteiger partial charge in [0.1, 0.15) is 11.3 Å². The summed E-state index contributed by atoms with van der Waals surface area (Å²) in [7, 11) is -2.43. The van der Waals surface area contributed by atoms with Gasteiger partial charge in [-0.3, -0.25) is 4.98 Å². The van der Waals surface area contributed by atoms with Gasteiger partial charge in [-0.15, -0.1) is 0 Å². The van der Waals surface area contributed by atoms with Crippen molar-refractivity contribution in [1.29, 1.82) is 0 Å². The molecule has 30 heavy (non-hydrogen) atoms. The van der Waals surface area contributed by atoms with Gasteiger partial charge in [0.2, 0.25) is 9.84 Å². The van der Waals surface area contributed by atoms with Crippen LogP contribution >= 0.6 is 11.6 Å². The van der Waals surface area contributed by atoms with Crippen LogP contribution in [-0.2, 0) is 14.6 Å². The van der Waals surface area contributed by atoms with Gasteiger partial charge in [0.05, 0.1) is 22.7 Å². The lowest BCUT2D eigenvalue weighted by Crippen LogP contribution is -2.07. The Balaban J connectivity index is 2.03. The normalized spacial score (nSPS) is 14.2. The number of aromatic nitrogens is 1. The molecule has 0 spiro atoms. The van der Waals surface area contributed by atoms with Crippen molar-refractivity contribution < 1.29 is 17.5 Å². The molecular weight excluding hydrogens is 425 g/mol. The summed E-state index contributed by atoms with van der Waals surface area (Å²) in [6.07, 6.45) is 8.06. The summed E-state index contributed by atoms with van der Waals surface area (Å²) in [6.45, 7) is 0. The van der Waals surface area contributed by atoms with Crippen LogP contribution in [0.25, 0.3) is 22.0 Å². The molecule has 152 valence electrons. The number of pyridine rings is 1. The van der Waals surface area contributed by atoms with E-state index in [-0.39, 0.29) is 15.3 Å². The summed E-state index contributed by atoms with van der Waals surface area (Å²) in [5.74, 6) is 0.117. The first kappa shape index (κ1) is 20.3. The summed E-state index contributed by atoms with van der Waals surface area (Å²) in [5.41, 5.74) is 1.01. The SMILES string of the molecule is COC1=CC=C(S(=O)(=O)c2cnc3c(F)cccc3c2-c2cccc(Cl)c2)C=CC1. The van der Waals surface area contributed by atoms with Crippen LogP contribution in [0.2, 0.25) is 5.02 Å². The van der Waals surface area contributed by atoms with Crippen molar-refractivity contribution in [2.24, 2.45) is 0 Å². The topological polar surface area (TPSA) is 56.3 Å². The maximum Gasteiger partial charge on any atom is 0.208 e. The molecule has 0 atom stereocenters. The number of allylic oxidation sites excluding steroid dienone is 4. The molecule has 0 saturated carbocycles. The van der Waals surface area contributed by atoms with Gasteiger partial charge in [-0.1, -0.05) is 41.9 Å². The molecule has 0 bridgehead atoms. The zero-order chi connectivity index (χ0) is 21.3. The molecule has 4 nitrogen and oxygen atoms in total. The van der Waals surface area contributed by atoms with Crippen LogP contribution in [-0.4, -0.2) is 20.5 Å². The molecule has 4 rings (SSSR count). The second kappa shape index (κ2) is 8.05. The first-order chi connectivity index (χ1) is 14.4. The Bertz CT molecular complexity index is 1340. The van der Waals surface area contributed by atoms with Crippen molar-refractivity contribution >= 4 is 32.3 Å². The Morgan fingerprint density at radius 3 is 2.70 bits per heavy atom. The zero-order valence-corrected chi connectivity index (χ0v) is 17.5. The second-order valence-electron chi connectivity index (χ2n) is 6.66. The average Bonchev–Trinajstić information content (AvgIpc) is 2.99. The number of ether oxygens (including phenoxy) is 1. The highest BCUT2D eigenvalue weighted by Crippen LogP contribution is 2.38. The smallest absolute Gasteiger partial charge is 0.208 e. The maximum absolute atomic E-state index is 14.4. The second-order valence-corrected chi connectivity index (χ2v) is 9.01. The average molecular weight is 442 g/mol. The van der Waals surface area contributed by atoms with Crippen LogP contribution in [0.4, 0.5) is 4.39 Å². The highest BCUT2D eigenvalue weighted by atomic mass is 35.5. The zero-order valence-electron chi connectivity index (χ0n) is 16.0. The molecule has 2 aromatic carbocycles. The van der Waals surface area contributed by atoms with E-state index in [1.165, 1.54) is 37.6 Å². The predicted molar refractivity (Wildman–Crippen MR) is 116 cm³/mol. The summed E-state index contributed by atoms with van der Waals surface area (Å²) < 4.78 is 46.8. The van der Waals surface area contributed by atoms with Gasteiger partial charge < -0.3 is 4.74 Å². The minimum atomic E-state index is -3.97. The quantitative estimate of drug-likeness (QED) is 0.510. The number of hydrogen-bond acceptors (Lipinski definition) is 4. The van der Waals surface area contributed by atoms with Gasteiger partial charge >= 0.3 is 0 Å². The third-order valence-electron chi connectivity index (χ3n) is 4.82. The minimum absolute atomic E-state index is 0.0203. The molecule has 3 aromatic rings. The lowest BCUT2D eigenvalue weighted by atomic mass is 10.0. The fraction of sp³-hybridized carbons (Fsp3) is 0.0870. The Morgan fingerprint density at radius 1 is 1.13 bits per heavy atom. The van der Waals surface area contributed by atoms with Gasteiger partial charge in [0.15, 0.2) is 0 Å². The van der Waals surface area contributed by atoms with Gasteiger partial charge in [0.25, 0.3) is 0 Å². The van der Waals surface area contributed by atoms with Crippen molar-refractivity contribution in [3.8, 4) is 11.1 Å².